The van der Waals surface area contributed by atoms with Gasteiger partial charge in [0, 0.05) is 6.07 Å². The predicted octanol–water partition coefficient (Wildman–Crippen LogP) is 1.26. The molecule has 80 valence electrons. The van der Waals surface area contributed by atoms with Crippen molar-refractivity contribution >= 4 is 5.69 Å². The van der Waals surface area contributed by atoms with E-state index < -0.39 is 4.92 Å². The molecule has 0 radical (unpaired) electrons. The van der Waals surface area contributed by atoms with Gasteiger partial charge in [0.1, 0.15) is 6.20 Å². The van der Waals surface area contributed by atoms with Gasteiger partial charge in [-0.1, -0.05) is 11.8 Å². The first-order chi connectivity index (χ1) is 7.69. The van der Waals surface area contributed by atoms with Crippen LogP contribution >= 0.6 is 0 Å². The second-order valence-corrected chi connectivity index (χ2v) is 2.64. The van der Waals surface area contributed by atoms with Crippen molar-refractivity contribution in [2.24, 2.45) is 0 Å². The summed E-state index contributed by atoms with van der Waals surface area (Å²) < 4.78 is 4.89. The summed E-state index contributed by atoms with van der Waals surface area (Å²) in [6.45, 7) is 0. The Kier molecular flexibility index (Phi) is 3.82. The van der Waals surface area contributed by atoms with Crippen molar-refractivity contribution in [2.45, 2.75) is 6.42 Å². The van der Waals surface area contributed by atoms with Crippen LogP contribution in [0.5, 0.6) is 5.88 Å². The number of pyridine rings is 1. The highest BCUT2D eigenvalue weighted by atomic mass is 16.6. The molecular weight excluding hydrogens is 210 g/mol. The number of hydrogen-bond donors (Lipinski definition) is 0. The second kappa shape index (κ2) is 5.32. The minimum atomic E-state index is -0.568. The number of hydrogen-bond acceptors (Lipinski definition) is 5. The summed E-state index contributed by atoms with van der Waals surface area (Å²) in [7, 11) is 1.39. The van der Waals surface area contributed by atoms with Gasteiger partial charge in [-0.2, -0.15) is 5.26 Å². The van der Waals surface area contributed by atoms with E-state index in [4.69, 9.17) is 10.00 Å². The van der Waals surface area contributed by atoms with Gasteiger partial charge in [-0.3, -0.25) is 10.1 Å². The molecule has 0 aliphatic rings. The third-order valence-corrected chi connectivity index (χ3v) is 1.63. The lowest BCUT2D eigenvalue weighted by atomic mass is 10.2. The Morgan fingerprint density at radius 1 is 1.69 bits per heavy atom. The minimum Gasteiger partial charge on any atom is -0.480 e. The molecule has 1 aromatic heterocycles. The highest BCUT2D eigenvalue weighted by Gasteiger charge is 2.10. The molecule has 0 atom stereocenters. The Bertz CT molecular complexity index is 508. The molecule has 16 heavy (non-hydrogen) atoms. The van der Waals surface area contributed by atoms with E-state index >= 15 is 0 Å². The van der Waals surface area contributed by atoms with E-state index in [1.165, 1.54) is 13.2 Å². The maximum absolute atomic E-state index is 10.5. The Morgan fingerprint density at radius 3 is 3.00 bits per heavy atom. The first-order valence-electron chi connectivity index (χ1n) is 4.23. The molecule has 0 saturated carbocycles. The van der Waals surface area contributed by atoms with Crippen molar-refractivity contribution in [2.75, 3.05) is 7.11 Å². The van der Waals surface area contributed by atoms with E-state index in [9.17, 15) is 10.1 Å². The Hall–Kier alpha value is -2.60. The van der Waals surface area contributed by atoms with Crippen molar-refractivity contribution in [3.63, 3.8) is 0 Å². The number of aromatic nitrogens is 1. The van der Waals surface area contributed by atoms with Gasteiger partial charge < -0.3 is 4.74 Å². The second-order valence-electron chi connectivity index (χ2n) is 2.64. The fourth-order valence-corrected chi connectivity index (χ4v) is 0.972. The van der Waals surface area contributed by atoms with E-state index in [2.05, 4.69) is 16.8 Å². The van der Waals surface area contributed by atoms with Crippen LogP contribution in [0.2, 0.25) is 0 Å². The number of rotatable bonds is 2. The fraction of sp³-hybridized carbons (Fsp3) is 0.200. The summed E-state index contributed by atoms with van der Waals surface area (Å²) in [5.74, 6) is 5.34. The molecule has 0 spiro atoms. The Labute approximate surface area is 91.6 Å². The van der Waals surface area contributed by atoms with Crippen LogP contribution in [0.3, 0.4) is 0 Å². The first-order valence-corrected chi connectivity index (χ1v) is 4.23. The summed E-state index contributed by atoms with van der Waals surface area (Å²) in [6.07, 6.45) is 1.14. The molecule has 6 nitrogen and oxygen atoms in total. The van der Waals surface area contributed by atoms with Gasteiger partial charge in [-0.25, -0.2) is 4.98 Å². The van der Waals surface area contributed by atoms with Crippen molar-refractivity contribution in [3.05, 3.63) is 27.9 Å². The molecule has 0 bridgehead atoms. The van der Waals surface area contributed by atoms with E-state index in [0.717, 1.165) is 6.20 Å². The van der Waals surface area contributed by atoms with Crippen molar-refractivity contribution in [1.29, 1.82) is 5.26 Å². The van der Waals surface area contributed by atoms with Crippen LogP contribution in [0.1, 0.15) is 12.0 Å². The standard InChI is InChI=1S/C10H7N3O3/c1-16-10-8(4-2-3-5-11)6-9(7-12-10)13(14)15/h6-7H,3H2,1H3. The van der Waals surface area contributed by atoms with Crippen LogP contribution in [0.15, 0.2) is 12.3 Å². The molecule has 0 aliphatic heterocycles. The lowest BCUT2D eigenvalue weighted by Crippen LogP contribution is -1.95. The van der Waals surface area contributed by atoms with Crippen molar-refractivity contribution in [1.82, 2.24) is 4.98 Å². The number of methoxy groups -OCH3 is 1. The summed E-state index contributed by atoms with van der Waals surface area (Å²) in [4.78, 5) is 13.7. The highest BCUT2D eigenvalue weighted by Crippen LogP contribution is 2.19. The zero-order valence-corrected chi connectivity index (χ0v) is 8.43. The van der Waals surface area contributed by atoms with E-state index in [1.54, 1.807) is 0 Å². The molecule has 1 aromatic rings. The van der Waals surface area contributed by atoms with E-state index in [0.29, 0.717) is 5.56 Å². The topological polar surface area (TPSA) is 89.1 Å². The predicted molar refractivity (Wildman–Crippen MR) is 54.6 cm³/mol. The summed E-state index contributed by atoms with van der Waals surface area (Å²) in [6, 6.07) is 3.10. The Balaban J connectivity index is 3.14. The smallest absolute Gasteiger partial charge is 0.289 e. The van der Waals surface area contributed by atoms with Gasteiger partial charge in [0.2, 0.25) is 5.88 Å². The van der Waals surface area contributed by atoms with Crippen LogP contribution in [-0.2, 0) is 0 Å². The van der Waals surface area contributed by atoms with E-state index in [1.807, 2.05) is 6.07 Å². The molecule has 0 aliphatic carbocycles. The maximum Gasteiger partial charge on any atom is 0.289 e. The van der Waals surface area contributed by atoms with Crippen LogP contribution in [0, 0.1) is 33.3 Å². The van der Waals surface area contributed by atoms with Gasteiger partial charge >= 0.3 is 0 Å². The molecule has 0 N–H and O–H groups in total. The molecule has 0 unspecified atom stereocenters. The third-order valence-electron chi connectivity index (χ3n) is 1.63. The van der Waals surface area contributed by atoms with Crippen LogP contribution in [0.4, 0.5) is 5.69 Å². The zero-order valence-electron chi connectivity index (χ0n) is 8.43. The van der Waals surface area contributed by atoms with Crippen LogP contribution in [-0.4, -0.2) is 17.0 Å². The van der Waals surface area contributed by atoms with Gasteiger partial charge in [-0.15, -0.1) is 0 Å². The summed E-state index contributed by atoms with van der Waals surface area (Å²) >= 11 is 0. The molecule has 0 saturated heterocycles. The molecule has 6 heteroatoms. The lowest BCUT2D eigenvalue weighted by Gasteiger charge is -2.00. The minimum absolute atomic E-state index is 0.0475. The average Bonchev–Trinajstić information content (AvgIpc) is 2.29. The molecule has 0 fully saturated rings. The highest BCUT2D eigenvalue weighted by molar-refractivity contribution is 5.47. The quantitative estimate of drug-likeness (QED) is 0.422. The average molecular weight is 217 g/mol. The van der Waals surface area contributed by atoms with Crippen LogP contribution in [0.25, 0.3) is 0 Å². The molecule has 1 heterocycles. The van der Waals surface area contributed by atoms with E-state index in [-0.39, 0.29) is 18.0 Å². The monoisotopic (exact) mass is 217 g/mol. The van der Waals surface area contributed by atoms with Gasteiger partial charge in [0.05, 0.1) is 30.1 Å². The Morgan fingerprint density at radius 2 is 2.44 bits per heavy atom. The number of nitriles is 1. The normalized spacial score (nSPS) is 8.50. The lowest BCUT2D eigenvalue weighted by molar-refractivity contribution is -0.385. The summed E-state index contributed by atoms with van der Waals surface area (Å²) in [5.41, 5.74) is 0.133. The first kappa shape index (κ1) is 11.5. The third kappa shape index (κ3) is 2.69. The van der Waals surface area contributed by atoms with Gasteiger partial charge in [0.25, 0.3) is 5.69 Å². The maximum atomic E-state index is 10.5. The number of nitro groups is 1. The molecule has 0 amide bonds. The molecule has 0 aromatic carbocycles. The van der Waals surface area contributed by atoms with Gasteiger partial charge in [0.15, 0.2) is 0 Å². The zero-order chi connectivity index (χ0) is 12.0. The van der Waals surface area contributed by atoms with Crippen molar-refractivity contribution < 1.29 is 9.66 Å². The van der Waals surface area contributed by atoms with Crippen LogP contribution < -0.4 is 4.74 Å². The van der Waals surface area contributed by atoms with Crippen molar-refractivity contribution in [3.8, 4) is 23.8 Å². The molecule has 1 rings (SSSR count). The SMILES string of the molecule is COc1ncc([N+](=O)[O-])cc1C#CCC#N. The summed E-state index contributed by atoms with van der Waals surface area (Å²) in [5, 5.41) is 18.8. The number of ether oxygens (including phenoxy) is 1. The largest absolute Gasteiger partial charge is 0.480 e. The fourth-order valence-electron chi connectivity index (χ4n) is 0.972. The molecular formula is C10H7N3O3. The van der Waals surface area contributed by atoms with Gasteiger partial charge in [-0.05, 0) is 0 Å². The number of nitrogens with zero attached hydrogens (tertiary/aromatic N) is 3.